The summed E-state index contributed by atoms with van der Waals surface area (Å²) in [5.74, 6) is -0.836. The number of para-hydroxylation sites is 1. The molecule has 1 atom stereocenters. The van der Waals surface area contributed by atoms with Crippen LogP contribution in [0.2, 0.25) is 0 Å². The first kappa shape index (κ1) is 18.9. The summed E-state index contributed by atoms with van der Waals surface area (Å²) < 4.78 is 18.8. The van der Waals surface area contributed by atoms with Crippen molar-refractivity contribution in [1.82, 2.24) is 5.32 Å². The molecule has 0 aliphatic heterocycles. The van der Waals surface area contributed by atoms with E-state index in [1.165, 1.54) is 18.2 Å². The lowest BCUT2D eigenvalue weighted by molar-refractivity contribution is -0.118. The fourth-order valence-corrected chi connectivity index (χ4v) is 1.94. The minimum absolute atomic E-state index is 0.0808. The van der Waals surface area contributed by atoms with E-state index in [1.807, 2.05) is 13.8 Å². The van der Waals surface area contributed by atoms with Gasteiger partial charge in [-0.05, 0) is 45.2 Å². The Morgan fingerprint density at radius 3 is 2.35 bits per heavy atom. The average Bonchev–Trinajstić information content (AvgIpc) is 2.37. The molecule has 0 unspecified atom stereocenters. The van der Waals surface area contributed by atoms with E-state index in [0.29, 0.717) is 6.42 Å². The van der Waals surface area contributed by atoms with E-state index in [4.69, 9.17) is 4.74 Å². The van der Waals surface area contributed by atoms with Gasteiger partial charge < -0.3 is 15.4 Å². The third-order valence-electron chi connectivity index (χ3n) is 2.85. The monoisotopic (exact) mass is 324 g/mol. The van der Waals surface area contributed by atoms with Crippen molar-refractivity contribution in [3.05, 3.63) is 30.1 Å². The molecule has 0 aliphatic rings. The van der Waals surface area contributed by atoms with Crippen LogP contribution in [-0.2, 0) is 9.53 Å². The number of alkyl carbamates (subject to hydrolysis) is 1. The maximum atomic E-state index is 13.6. The molecular formula is C17H25FN2O3. The minimum Gasteiger partial charge on any atom is -0.444 e. The van der Waals surface area contributed by atoms with Gasteiger partial charge in [0.1, 0.15) is 17.5 Å². The van der Waals surface area contributed by atoms with Gasteiger partial charge in [0.05, 0.1) is 5.69 Å². The van der Waals surface area contributed by atoms with Crippen LogP contribution in [0.3, 0.4) is 0 Å². The molecule has 0 saturated heterocycles. The van der Waals surface area contributed by atoms with Gasteiger partial charge in [-0.15, -0.1) is 0 Å². The normalized spacial score (nSPS) is 12.7. The van der Waals surface area contributed by atoms with Crippen molar-refractivity contribution in [3.63, 3.8) is 0 Å². The standard InChI is InChI=1S/C17H25FN2O3/c1-11(2)10-14(20-16(22)23-17(3,4)5)15(21)19-13-9-7-6-8-12(13)18/h6-9,11,14H,10H2,1-5H3,(H,19,21)(H,20,22)/t14-/m0/s1. The molecule has 0 aliphatic carbocycles. The highest BCUT2D eigenvalue weighted by Gasteiger charge is 2.25. The number of anilines is 1. The highest BCUT2D eigenvalue weighted by atomic mass is 19.1. The van der Waals surface area contributed by atoms with Gasteiger partial charge in [-0.25, -0.2) is 9.18 Å². The summed E-state index contributed by atoms with van der Waals surface area (Å²) in [6.45, 7) is 9.08. The van der Waals surface area contributed by atoms with Crippen LogP contribution >= 0.6 is 0 Å². The van der Waals surface area contributed by atoms with Crippen LogP contribution in [0.15, 0.2) is 24.3 Å². The average molecular weight is 324 g/mol. The molecule has 6 heteroatoms. The first-order valence-corrected chi connectivity index (χ1v) is 7.63. The molecule has 0 radical (unpaired) electrons. The number of halogens is 1. The summed E-state index contributed by atoms with van der Waals surface area (Å²) in [7, 11) is 0. The Morgan fingerprint density at radius 2 is 1.83 bits per heavy atom. The zero-order valence-electron chi connectivity index (χ0n) is 14.3. The van der Waals surface area contributed by atoms with E-state index in [9.17, 15) is 14.0 Å². The number of rotatable bonds is 5. The number of amides is 2. The van der Waals surface area contributed by atoms with E-state index in [-0.39, 0.29) is 11.6 Å². The van der Waals surface area contributed by atoms with Crippen LogP contribution in [0.4, 0.5) is 14.9 Å². The van der Waals surface area contributed by atoms with Crippen molar-refractivity contribution >= 4 is 17.7 Å². The van der Waals surface area contributed by atoms with E-state index < -0.39 is 29.5 Å². The Bertz CT molecular complexity index is 553. The molecule has 0 fully saturated rings. The third kappa shape index (κ3) is 7.13. The number of benzene rings is 1. The second-order valence-corrected chi connectivity index (χ2v) is 6.80. The predicted octanol–water partition coefficient (Wildman–Crippen LogP) is 3.70. The Labute approximate surface area is 136 Å². The zero-order valence-corrected chi connectivity index (χ0v) is 14.3. The molecule has 1 rings (SSSR count). The second kappa shape index (κ2) is 7.94. The maximum absolute atomic E-state index is 13.6. The highest BCUT2D eigenvalue weighted by Crippen LogP contribution is 2.15. The summed E-state index contributed by atoms with van der Waals surface area (Å²) in [6, 6.07) is 5.08. The second-order valence-electron chi connectivity index (χ2n) is 6.80. The number of ether oxygens (including phenoxy) is 1. The van der Waals surface area contributed by atoms with Crippen LogP contribution in [-0.4, -0.2) is 23.6 Å². The fourth-order valence-electron chi connectivity index (χ4n) is 1.94. The Kier molecular flexibility index (Phi) is 6.54. The van der Waals surface area contributed by atoms with Gasteiger partial charge in [0.25, 0.3) is 0 Å². The summed E-state index contributed by atoms with van der Waals surface area (Å²) in [4.78, 5) is 24.2. The van der Waals surface area contributed by atoms with Crippen LogP contribution in [0.1, 0.15) is 41.0 Å². The SMILES string of the molecule is CC(C)C[C@H](NC(=O)OC(C)(C)C)C(=O)Nc1ccccc1F. The molecular weight excluding hydrogens is 299 g/mol. The molecule has 0 saturated carbocycles. The van der Waals surface area contributed by atoms with Crippen molar-refractivity contribution in [1.29, 1.82) is 0 Å². The summed E-state index contributed by atoms with van der Waals surface area (Å²) >= 11 is 0. The topological polar surface area (TPSA) is 67.4 Å². The van der Waals surface area contributed by atoms with E-state index in [0.717, 1.165) is 0 Å². The van der Waals surface area contributed by atoms with Gasteiger partial charge in [0, 0.05) is 0 Å². The quantitative estimate of drug-likeness (QED) is 0.868. The van der Waals surface area contributed by atoms with Crippen molar-refractivity contribution in [2.24, 2.45) is 5.92 Å². The summed E-state index contributed by atoms with van der Waals surface area (Å²) in [5.41, 5.74) is -0.577. The van der Waals surface area contributed by atoms with E-state index in [1.54, 1.807) is 26.8 Å². The fraction of sp³-hybridized carbons (Fsp3) is 0.529. The van der Waals surface area contributed by atoms with Crippen LogP contribution < -0.4 is 10.6 Å². The molecule has 128 valence electrons. The minimum atomic E-state index is -0.801. The molecule has 1 aromatic carbocycles. The molecule has 0 heterocycles. The van der Waals surface area contributed by atoms with Gasteiger partial charge >= 0.3 is 6.09 Å². The van der Waals surface area contributed by atoms with Crippen molar-refractivity contribution in [3.8, 4) is 0 Å². The largest absolute Gasteiger partial charge is 0.444 e. The smallest absolute Gasteiger partial charge is 0.408 e. The van der Waals surface area contributed by atoms with E-state index in [2.05, 4.69) is 10.6 Å². The van der Waals surface area contributed by atoms with Gasteiger partial charge in [-0.1, -0.05) is 26.0 Å². The first-order valence-electron chi connectivity index (χ1n) is 7.63. The van der Waals surface area contributed by atoms with Crippen molar-refractivity contribution < 1.29 is 18.7 Å². The van der Waals surface area contributed by atoms with E-state index >= 15 is 0 Å². The Morgan fingerprint density at radius 1 is 1.22 bits per heavy atom. The number of hydrogen-bond acceptors (Lipinski definition) is 3. The van der Waals surface area contributed by atoms with Gasteiger partial charge in [-0.2, -0.15) is 0 Å². The molecule has 23 heavy (non-hydrogen) atoms. The molecule has 0 aromatic heterocycles. The lowest BCUT2D eigenvalue weighted by Crippen LogP contribution is -2.46. The summed E-state index contributed by atoms with van der Waals surface area (Å²) in [6.07, 6.45) is -0.258. The molecule has 2 amide bonds. The Balaban J connectivity index is 2.78. The molecule has 2 N–H and O–H groups in total. The van der Waals surface area contributed by atoms with Crippen LogP contribution in [0, 0.1) is 11.7 Å². The molecule has 0 bridgehead atoms. The van der Waals surface area contributed by atoms with Gasteiger partial charge in [0.15, 0.2) is 0 Å². The zero-order chi connectivity index (χ0) is 17.6. The number of carbonyl (C=O) groups is 2. The van der Waals surface area contributed by atoms with Crippen molar-refractivity contribution in [2.75, 3.05) is 5.32 Å². The van der Waals surface area contributed by atoms with Crippen molar-refractivity contribution in [2.45, 2.75) is 52.7 Å². The number of hydrogen-bond donors (Lipinski definition) is 2. The summed E-state index contributed by atoms with van der Waals surface area (Å²) in [5, 5.41) is 5.05. The highest BCUT2D eigenvalue weighted by molar-refractivity contribution is 5.96. The Hall–Kier alpha value is -2.11. The molecule has 0 spiro atoms. The number of nitrogens with one attached hydrogen (secondary N) is 2. The van der Waals surface area contributed by atoms with Crippen LogP contribution in [0.25, 0.3) is 0 Å². The first-order chi connectivity index (χ1) is 10.6. The van der Waals surface area contributed by atoms with Gasteiger partial charge in [-0.3, -0.25) is 4.79 Å². The van der Waals surface area contributed by atoms with Crippen LogP contribution in [0.5, 0.6) is 0 Å². The lowest BCUT2D eigenvalue weighted by Gasteiger charge is -2.24. The van der Waals surface area contributed by atoms with Gasteiger partial charge in [0.2, 0.25) is 5.91 Å². The third-order valence-corrected chi connectivity index (χ3v) is 2.85. The molecule has 1 aromatic rings. The predicted molar refractivity (Wildman–Crippen MR) is 87.6 cm³/mol. The molecule has 5 nitrogen and oxygen atoms in total. The lowest BCUT2D eigenvalue weighted by atomic mass is 10.0. The maximum Gasteiger partial charge on any atom is 0.408 e. The number of carbonyl (C=O) groups excluding carboxylic acids is 2.